The molecule has 12 heteroatoms. The molecule has 0 bridgehead atoms. The molecule has 0 aliphatic carbocycles. The first-order valence-corrected chi connectivity index (χ1v) is 11.3. The lowest BCUT2D eigenvalue weighted by Gasteiger charge is -2.10. The second-order valence-electron chi connectivity index (χ2n) is 7.02. The molecule has 0 unspecified atom stereocenters. The minimum Gasteiger partial charge on any atom is -0.497 e. The molecule has 33 heavy (non-hydrogen) atoms. The minimum absolute atomic E-state index is 0.0102. The highest BCUT2D eigenvalue weighted by Crippen LogP contribution is 2.35. The Balaban J connectivity index is 2.06. The number of rotatable bonds is 9. The number of ether oxygens (including phenoxy) is 1. The summed E-state index contributed by atoms with van der Waals surface area (Å²) in [5, 5.41) is 0. The molecule has 0 aliphatic heterocycles. The van der Waals surface area contributed by atoms with Crippen LogP contribution in [0.2, 0.25) is 0 Å². The van der Waals surface area contributed by atoms with Gasteiger partial charge in [0.15, 0.2) is 11.2 Å². The fraction of sp³-hybridized carbons (Fsp3) is 0.286. The molecular formula is C21H23N4O7P. The number of imidazole rings is 1. The molecule has 0 saturated heterocycles. The average molecular weight is 474 g/mol. The van der Waals surface area contributed by atoms with Crippen molar-refractivity contribution in [1.82, 2.24) is 18.7 Å². The highest BCUT2D eigenvalue weighted by atomic mass is 31.2. The van der Waals surface area contributed by atoms with Crippen molar-refractivity contribution in [2.45, 2.75) is 19.5 Å². The van der Waals surface area contributed by atoms with Gasteiger partial charge in [0, 0.05) is 13.6 Å². The van der Waals surface area contributed by atoms with E-state index < -0.39 is 19.1 Å². The summed E-state index contributed by atoms with van der Waals surface area (Å²) in [5.74, 6) is 3.40. The number of aromatic nitrogens is 4. The Morgan fingerprint density at radius 2 is 2.00 bits per heavy atom. The van der Waals surface area contributed by atoms with Gasteiger partial charge in [-0.3, -0.25) is 13.9 Å². The molecule has 3 aromatic rings. The summed E-state index contributed by atoms with van der Waals surface area (Å²) in [6.07, 6.45) is 8.92. The topological polar surface area (TPSA) is 138 Å². The van der Waals surface area contributed by atoms with Gasteiger partial charge in [-0.1, -0.05) is 24.1 Å². The minimum atomic E-state index is -4.63. The summed E-state index contributed by atoms with van der Waals surface area (Å²) in [4.78, 5) is 48.0. The van der Waals surface area contributed by atoms with Crippen molar-refractivity contribution in [2.75, 3.05) is 13.7 Å². The third-order valence-corrected chi connectivity index (χ3v) is 5.35. The van der Waals surface area contributed by atoms with Gasteiger partial charge in [0.2, 0.25) is 0 Å². The molecule has 2 heterocycles. The molecule has 2 aromatic heterocycles. The van der Waals surface area contributed by atoms with Gasteiger partial charge in [0.25, 0.3) is 5.56 Å². The zero-order valence-corrected chi connectivity index (χ0v) is 18.9. The van der Waals surface area contributed by atoms with Gasteiger partial charge in [-0.2, -0.15) is 0 Å². The standard InChI is InChI=1S/C21H23N4O7P/c1-4-11-25-20(26)18-19(24(21(25)27)12-6-13-32-33(28,29)30)22-17(23(18)2)10-9-15-7-5-8-16(14-15)31-3/h1,5,7-10,14H,6,11-13H2,2-3H3,(H2,28,29,30). The van der Waals surface area contributed by atoms with Crippen LogP contribution in [0.1, 0.15) is 17.8 Å². The second-order valence-corrected chi connectivity index (χ2v) is 8.26. The van der Waals surface area contributed by atoms with E-state index in [9.17, 15) is 14.2 Å². The molecule has 0 atom stereocenters. The summed E-state index contributed by atoms with van der Waals surface area (Å²) in [5.41, 5.74) is -0.0823. The van der Waals surface area contributed by atoms with Crippen LogP contribution in [0.4, 0.5) is 0 Å². The number of fused-ring (bicyclic) bond motifs is 1. The van der Waals surface area contributed by atoms with Crippen molar-refractivity contribution < 1.29 is 23.6 Å². The molecule has 0 aliphatic rings. The smallest absolute Gasteiger partial charge is 0.469 e. The third kappa shape index (κ3) is 5.50. The average Bonchev–Trinajstić information content (AvgIpc) is 3.10. The Morgan fingerprint density at radius 3 is 2.67 bits per heavy atom. The Kier molecular flexibility index (Phi) is 7.36. The van der Waals surface area contributed by atoms with E-state index in [1.807, 2.05) is 24.3 Å². The van der Waals surface area contributed by atoms with Crippen LogP contribution in [-0.4, -0.2) is 42.2 Å². The van der Waals surface area contributed by atoms with Crippen LogP contribution >= 0.6 is 7.82 Å². The SMILES string of the molecule is C#CCn1c(=O)c2c(nc(C=Cc3cccc(OC)c3)n2C)n(CCCOP(=O)(O)O)c1=O. The van der Waals surface area contributed by atoms with Crippen LogP contribution in [0, 0.1) is 12.3 Å². The zero-order chi connectivity index (χ0) is 24.2. The number of terminal acetylenes is 1. The summed E-state index contributed by atoms with van der Waals surface area (Å²) in [6.45, 7) is -0.509. The van der Waals surface area contributed by atoms with E-state index in [-0.39, 0.29) is 37.3 Å². The molecule has 0 saturated carbocycles. The number of benzene rings is 1. The molecule has 3 rings (SSSR count). The van der Waals surface area contributed by atoms with Crippen LogP contribution in [0.25, 0.3) is 23.3 Å². The number of phosphoric ester groups is 1. The fourth-order valence-electron chi connectivity index (χ4n) is 3.28. The molecule has 2 N–H and O–H groups in total. The van der Waals surface area contributed by atoms with Crippen molar-refractivity contribution in [1.29, 1.82) is 0 Å². The normalized spacial score (nSPS) is 11.8. The first-order valence-electron chi connectivity index (χ1n) is 9.82. The van der Waals surface area contributed by atoms with E-state index in [4.69, 9.17) is 20.9 Å². The molecule has 11 nitrogen and oxygen atoms in total. The molecular weight excluding hydrogens is 451 g/mol. The van der Waals surface area contributed by atoms with Gasteiger partial charge in [-0.15, -0.1) is 6.42 Å². The first kappa shape index (κ1) is 24.2. The Bertz CT molecular complexity index is 1400. The third-order valence-electron chi connectivity index (χ3n) is 4.83. The van der Waals surface area contributed by atoms with Crippen molar-refractivity contribution in [3.05, 3.63) is 56.5 Å². The quantitative estimate of drug-likeness (QED) is 0.268. The number of phosphoric acid groups is 1. The van der Waals surface area contributed by atoms with Gasteiger partial charge in [-0.25, -0.2) is 18.9 Å². The van der Waals surface area contributed by atoms with Crippen LogP contribution in [0.5, 0.6) is 5.75 Å². The van der Waals surface area contributed by atoms with Gasteiger partial charge in [0.1, 0.15) is 11.6 Å². The van der Waals surface area contributed by atoms with E-state index in [0.717, 1.165) is 10.1 Å². The lowest BCUT2D eigenvalue weighted by Crippen LogP contribution is -2.40. The number of aryl methyl sites for hydroxylation is 2. The number of hydrogen-bond acceptors (Lipinski definition) is 6. The van der Waals surface area contributed by atoms with E-state index in [1.165, 1.54) is 4.57 Å². The lowest BCUT2D eigenvalue weighted by atomic mass is 10.2. The first-order chi connectivity index (χ1) is 15.7. The van der Waals surface area contributed by atoms with Gasteiger partial charge in [0.05, 0.1) is 20.3 Å². The predicted octanol–water partition coefficient (Wildman–Crippen LogP) is 1.21. The molecule has 0 spiro atoms. The maximum atomic E-state index is 13.0. The van der Waals surface area contributed by atoms with Crippen LogP contribution < -0.4 is 16.0 Å². The van der Waals surface area contributed by atoms with Crippen LogP contribution in [0.15, 0.2) is 33.9 Å². The molecule has 1 aromatic carbocycles. The Hall–Kier alpha value is -3.42. The second kappa shape index (κ2) is 10.0. The molecule has 0 radical (unpaired) electrons. The van der Waals surface area contributed by atoms with Crippen LogP contribution in [-0.2, 0) is 29.2 Å². The van der Waals surface area contributed by atoms with Crippen LogP contribution in [0.3, 0.4) is 0 Å². The summed E-state index contributed by atoms with van der Waals surface area (Å²) >= 11 is 0. The molecule has 0 amide bonds. The summed E-state index contributed by atoms with van der Waals surface area (Å²) in [6, 6.07) is 7.35. The molecule has 0 fully saturated rings. The Labute approximate surface area is 188 Å². The monoisotopic (exact) mass is 474 g/mol. The van der Waals surface area contributed by atoms with Gasteiger partial charge in [-0.05, 0) is 30.2 Å². The molecule has 174 valence electrons. The number of hydrogen-bond donors (Lipinski definition) is 2. The van der Waals surface area contributed by atoms with Gasteiger partial charge < -0.3 is 19.1 Å². The van der Waals surface area contributed by atoms with Crippen molar-refractivity contribution in [3.63, 3.8) is 0 Å². The predicted molar refractivity (Wildman–Crippen MR) is 123 cm³/mol. The number of nitrogens with zero attached hydrogens (tertiary/aromatic N) is 4. The van der Waals surface area contributed by atoms with E-state index in [1.54, 1.807) is 30.9 Å². The van der Waals surface area contributed by atoms with Crippen molar-refractivity contribution in [3.8, 4) is 18.1 Å². The summed E-state index contributed by atoms with van der Waals surface area (Å²) < 4.78 is 24.3. The van der Waals surface area contributed by atoms with E-state index in [2.05, 4.69) is 15.4 Å². The number of methoxy groups -OCH3 is 1. The van der Waals surface area contributed by atoms with E-state index in [0.29, 0.717) is 11.6 Å². The summed E-state index contributed by atoms with van der Waals surface area (Å²) in [7, 11) is -1.41. The maximum absolute atomic E-state index is 13.0. The maximum Gasteiger partial charge on any atom is 0.469 e. The lowest BCUT2D eigenvalue weighted by molar-refractivity contribution is 0.192. The fourth-order valence-corrected chi connectivity index (χ4v) is 3.65. The zero-order valence-electron chi connectivity index (χ0n) is 18.0. The van der Waals surface area contributed by atoms with E-state index >= 15 is 0 Å². The highest BCUT2D eigenvalue weighted by molar-refractivity contribution is 7.46. The largest absolute Gasteiger partial charge is 0.497 e. The Morgan fingerprint density at radius 1 is 1.24 bits per heavy atom. The highest BCUT2D eigenvalue weighted by Gasteiger charge is 2.19. The van der Waals surface area contributed by atoms with Crippen molar-refractivity contribution >= 4 is 31.1 Å². The van der Waals surface area contributed by atoms with Crippen molar-refractivity contribution in [2.24, 2.45) is 7.05 Å². The van der Waals surface area contributed by atoms with Gasteiger partial charge >= 0.3 is 13.5 Å².